The van der Waals surface area contributed by atoms with Crippen LogP contribution >= 0.6 is 0 Å². The first-order valence-corrected chi connectivity index (χ1v) is 8.52. The van der Waals surface area contributed by atoms with Crippen molar-refractivity contribution in [3.63, 3.8) is 0 Å². The molecule has 0 aliphatic heterocycles. The smallest absolute Gasteiger partial charge is 0.387 e. The molecule has 0 aliphatic carbocycles. The van der Waals surface area contributed by atoms with Gasteiger partial charge in [0.25, 0.3) is 0 Å². The van der Waals surface area contributed by atoms with Crippen LogP contribution in [0.4, 0.5) is 8.78 Å². The minimum atomic E-state index is -2.98. The molecule has 1 aromatic rings. The number of guanidine groups is 1. The van der Waals surface area contributed by atoms with Crippen molar-refractivity contribution in [2.24, 2.45) is 4.99 Å². The number of alkyl halides is 2. The van der Waals surface area contributed by atoms with E-state index in [9.17, 15) is 13.6 Å². The Labute approximate surface area is 158 Å². The van der Waals surface area contributed by atoms with Crippen LogP contribution in [-0.2, 0) is 16.1 Å². The van der Waals surface area contributed by atoms with E-state index >= 15 is 0 Å². The monoisotopic (exact) mass is 387 g/mol. The van der Waals surface area contributed by atoms with Crippen molar-refractivity contribution in [2.75, 3.05) is 20.2 Å². The van der Waals surface area contributed by atoms with E-state index in [1.54, 1.807) is 45.9 Å². The zero-order valence-corrected chi connectivity index (χ0v) is 16.3. The van der Waals surface area contributed by atoms with Crippen LogP contribution in [0.5, 0.6) is 11.5 Å². The summed E-state index contributed by atoms with van der Waals surface area (Å²) in [6, 6.07) is 4.87. The quantitative estimate of drug-likeness (QED) is 0.406. The van der Waals surface area contributed by atoms with Crippen molar-refractivity contribution in [3.05, 3.63) is 23.8 Å². The number of halogens is 2. The third-order valence-electron chi connectivity index (χ3n) is 3.06. The lowest BCUT2D eigenvalue weighted by atomic mass is 10.2. The molecule has 0 unspecified atom stereocenters. The van der Waals surface area contributed by atoms with Crippen LogP contribution in [0.3, 0.4) is 0 Å². The highest BCUT2D eigenvalue weighted by Gasteiger charge is 2.18. The lowest BCUT2D eigenvalue weighted by Crippen LogP contribution is -2.41. The molecule has 0 fully saturated rings. The van der Waals surface area contributed by atoms with Gasteiger partial charge in [-0.15, -0.1) is 0 Å². The summed E-state index contributed by atoms with van der Waals surface area (Å²) in [6.45, 7) is 4.45. The Morgan fingerprint density at radius 1 is 1.26 bits per heavy atom. The molecule has 0 atom stereocenters. The standard InChI is InChI=1S/C18H27F2N3O4/c1-6-25-13-9-7-8-12(15(13)26-16(19)20)10-22-17(21-5)23-11-14(24)27-18(2,3)4/h7-9,16H,6,10-11H2,1-5H3,(H2,21,22,23). The Hall–Kier alpha value is -2.58. The lowest BCUT2D eigenvalue weighted by Gasteiger charge is -2.20. The van der Waals surface area contributed by atoms with Crippen LogP contribution in [0.25, 0.3) is 0 Å². The maximum absolute atomic E-state index is 12.7. The van der Waals surface area contributed by atoms with Gasteiger partial charge in [-0.25, -0.2) is 0 Å². The fourth-order valence-corrected chi connectivity index (χ4v) is 2.13. The van der Waals surface area contributed by atoms with E-state index in [4.69, 9.17) is 9.47 Å². The van der Waals surface area contributed by atoms with Crippen molar-refractivity contribution in [1.82, 2.24) is 10.6 Å². The zero-order chi connectivity index (χ0) is 20.4. The maximum atomic E-state index is 12.7. The number of nitrogens with one attached hydrogen (secondary N) is 2. The van der Waals surface area contributed by atoms with Crippen molar-refractivity contribution in [3.8, 4) is 11.5 Å². The minimum absolute atomic E-state index is 0.0376. The second-order valence-corrected chi connectivity index (χ2v) is 6.42. The molecule has 0 radical (unpaired) electrons. The summed E-state index contributed by atoms with van der Waals surface area (Å²) in [5, 5.41) is 5.74. The molecule has 1 aromatic carbocycles. The van der Waals surface area contributed by atoms with Gasteiger partial charge in [0, 0.05) is 19.2 Å². The maximum Gasteiger partial charge on any atom is 0.387 e. The molecular weight excluding hydrogens is 360 g/mol. The Morgan fingerprint density at radius 3 is 2.52 bits per heavy atom. The first-order chi connectivity index (χ1) is 12.7. The molecule has 0 saturated carbocycles. The van der Waals surface area contributed by atoms with Gasteiger partial charge in [0.15, 0.2) is 17.5 Å². The first kappa shape index (κ1) is 22.5. The zero-order valence-electron chi connectivity index (χ0n) is 16.3. The number of benzene rings is 1. The summed E-state index contributed by atoms with van der Waals surface area (Å²) in [6.07, 6.45) is 0. The second-order valence-electron chi connectivity index (χ2n) is 6.42. The topological polar surface area (TPSA) is 81.2 Å². The molecule has 0 bridgehead atoms. The Morgan fingerprint density at radius 2 is 1.96 bits per heavy atom. The normalized spacial score (nSPS) is 11.9. The van der Waals surface area contributed by atoms with Gasteiger partial charge in [-0.3, -0.25) is 9.79 Å². The van der Waals surface area contributed by atoms with Crippen LogP contribution in [-0.4, -0.2) is 44.3 Å². The summed E-state index contributed by atoms with van der Waals surface area (Å²) in [4.78, 5) is 15.7. The van der Waals surface area contributed by atoms with Gasteiger partial charge in [0.1, 0.15) is 12.1 Å². The number of carbonyl (C=O) groups is 1. The largest absolute Gasteiger partial charge is 0.490 e. The number of carbonyl (C=O) groups excluding carboxylic acids is 1. The number of nitrogens with zero attached hydrogens (tertiary/aromatic N) is 1. The minimum Gasteiger partial charge on any atom is -0.490 e. The highest BCUT2D eigenvalue weighted by atomic mass is 19.3. The van der Waals surface area contributed by atoms with Crippen LogP contribution < -0.4 is 20.1 Å². The van der Waals surface area contributed by atoms with Crippen LogP contribution in [0.15, 0.2) is 23.2 Å². The number of hydrogen-bond donors (Lipinski definition) is 2. The van der Waals surface area contributed by atoms with Crippen molar-refractivity contribution >= 4 is 11.9 Å². The molecular formula is C18H27F2N3O4. The summed E-state index contributed by atoms with van der Waals surface area (Å²) >= 11 is 0. The number of hydrogen-bond acceptors (Lipinski definition) is 5. The molecule has 0 aromatic heterocycles. The average molecular weight is 387 g/mol. The fraction of sp³-hybridized carbons (Fsp3) is 0.556. The van der Waals surface area contributed by atoms with Gasteiger partial charge < -0.3 is 24.8 Å². The van der Waals surface area contributed by atoms with Crippen LogP contribution in [0.2, 0.25) is 0 Å². The average Bonchev–Trinajstić information content (AvgIpc) is 2.55. The van der Waals surface area contributed by atoms with Crippen molar-refractivity contribution in [1.29, 1.82) is 0 Å². The van der Waals surface area contributed by atoms with E-state index < -0.39 is 18.2 Å². The number of aliphatic imine (C=N–C) groups is 1. The number of ether oxygens (including phenoxy) is 3. The molecule has 1 rings (SSSR count). The van der Waals surface area contributed by atoms with E-state index in [0.29, 0.717) is 18.1 Å². The summed E-state index contributed by atoms with van der Waals surface area (Å²) < 4.78 is 40.6. The Kier molecular flexibility index (Phi) is 8.77. The summed E-state index contributed by atoms with van der Waals surface area (Å²) in [7, 11) is 1.53. The molecule has 0 spiro atoms. The van der Waals surface area contributed by atoms with E-state index in [-0.39, 0.29) is 24.6 Å². The van der Waals surface area contributed by atoms with E-state index in [0.717, 1.165) is 0 Å². The van der Waals surface area contributed by atoms with Gasteiger partial charge in [-0.2, -0.15) is 8.78 Å². The number of esters is 1. The highest BCUT2D eigenvalue weighted by Crippen LogP contribution is 2.32. The van der Waals surface area contributed by atoms with Gasteiger partial charge in [-0.05, 0) is 33.8 Å². The molecule has 0 amide bonds. The number of para-hydroxylation sites is 1. The molecule has 152 valence electrons. The Balaban J connectivity index is 2.74. The highest BCUT2D eigenvalue weighted by molar-refractivity contribution is 5.84. The van der Waals surface area contributed by atoms with E-state index in [1.807, 2.05) is 0 Å². The summed E-state index contributed by atoms with van der Waals surface area (Å²) in [5.41, 5.74) is -0.127. The lowest BCUT2D eigenvalue weighted by molar-refractivity contribution is -0.153. The SMILES string of the molecule is CCOc1cccc(CNC(=NC)NCC(=O)OC(C)(C)C)c1OC(F)F. The predicted molar refractivity (Wildman–Crippen MR) is 98.3 cm³/mol. The van der Waals surface area contributed by atoms with Gasteiger partial charge in [0.2, 0.25) is 0 Å². The van der Waals surface area contributed by atoms with Gasteiger partial charge in [0.05, 0.1) is 6.61 Å². The predicted octanol–water partition coefficient (Wildman–Crippen LogP) is 2.69. The molecule has 27 heavy (non-hydrogen) atoms. The van der Waals surface area contributed by atoms with E-state index in [2.05, 4.69) is 20.4 Å². The molecule has 0 aliphatic rings. The first-order valence-electron chi connectivity index (χ1n) is 8.52. The Bertz CT molecular complexity index is 646. The molecule has 0 saturated heterocycles. The third kappa shape index (κ3) is 8.57. The van der Waals surface area contributed by atoms with Gasteiger partial charge in [-0.1, -0.05) is 12.1 Å². The molecule has 7 nitrogen and oxygen atoms in total. The number of rotatable bonds is 8. The fourth-order valence-electron chi connectivity index (χ4n) is 2.13. The third-order valence-corrected chi connectivity index (χ3v) is 3.06. The summed E-state index contributed by atoms with van der Waals surface area (Å²) in [5.74, 6) is 0.0643. The molecule has 2 N–H and O–H groups in total. The van der Waals surface area contributed by atoms with Crippen molar-refractivity contribution in [2.45, 2.75) is 46.5 Å². The van der Waals surface area contributed by atoms with E-state index in [1.165, 1.54) is 7.05 Å². The van der Waals surface area contributed by atoms with Crippen LogP contribution in [0, 0.1) is 0 Å². The van der Waals surface area contributed by atoms with Crippen LogP contribution in [0.1, 0.15) is 33.3 Å². The van der Waals surface area contributed by atoms with Gasteiger partial charge >= 0.3 is 12.6 Å². The molecule has 9 heteroatoms. The molecule has 0 heterocycles. The van der Waals surface area contributed by atoms with Crippen molar-refractivity contribution < 1.29 is 27.8 Å². The second kappa shape index (κ2) is 10.5.